The predicted octanol–water partition coefficient (Wildman–Crippen LogP) is 3.58. The normalized spacial score (nSPS) is 10.8. The molecule has 154 valence electrons. The molecule has 0 saturated heterocycles. The highest BCUT2D eigenvalue weighted by Gasteiger charge is 2.25. The van der Waals surface area contributed by atoms with Crippen LogP contribution in [0, 0.1) is 0 Å². The molecule has 0 saturated carbocycles. The van der Waals surface area contributed by atoms with Crippen LogP contribution in [0.5, 0.6) is 17.2 Å². The summed E-state index contributed by atoms with van der Waals surface area (Å²) in [5, 5.41) is 0. The van der Waals surface area contributed by atoms with Crippen molar-refractivity contribution in [1.82, 2.24) is 14.4 Å². The topological polar surface area (TPSA) is 78.2 Å². The van der Waals surface area contributed by atoms with Crippen LogP contribution in [0.1, 0.15) is 26.7 Å². The second-order valence-electron chi connectivity index (χ2n) is 6.53. The first-order chi connectivity index (χ1) is 14.0. The Hall–Kier alpha value is -3.29. The molecule has 2 aromatic heterocycles. The van der Waals surface area contributed by atoms with Crippen molar-refractivity contribution in [3.8, 4) is 28.5 Å². The Balaban J connectivity index is 2.28. The number of rotatable bonds is 8. The zero-order valence-corrected chi connectivity index (χ0v) is 17.4. The third-order valence-electron chi connectivity index (χ3n) is 4.71. The molecule has 0 aliphatic carbocycles. The second kappa shape index (κ2) is 8.81. The Labute approximate surface area is 170 Å². The van der Waals surface area contributed by atoms with Crippen molar-refractivity contribution in [2.75, 3.05) is 32.8 Å². The van der Waals surface area contributed by atoms with Gasteiger partial charge in [-0.15, -0.1) is 0 Å². The highest BCUT2D eigenvalue weighted by molar-refractivity contribution is 5.95. The van der Waals surface area contributed by atoms with Crippen molar-refractivity contribution < 1.29 is 19.0 Å². The second-order valence-corrected chi connectivity index (χ2v) is 6.53. The summed E-state index contributed by atoms with van der Waals surface area (Å²) in [4.78, 5) is 23.2. The van der Waals surface area contributed by atoms with Gasteiger partial charge in [0.25, 0.3) is 0 Å². The minimum absolute atomic E-state index is 0.0502. The van der Waals surface area contributed by atoms with Crippen LogP contribution in [0.4, 0.5) is 5.82 Å². The van der Waals surface area contributed by atoms with E-state index < -0.39 is 0 Å². The summed E-state index contributed by atoms with van der Waals surface area (Å²) < 4.78 is 18.3. The van der Waals surface area contributed by atoms with Crippen LogP contribution >= 0.6 is 0 Å². The number of ether oxygens (including phenoxy) is 3. The molecular weight excluding hydrogens is 372 g/mol. The van der Waals surface area contributed by atoms with E-state index in [4.69, 9.17) is 19.2 Å². The first kappa shape index (κ1) is 20.4. The Kier molecular flexibility index (Phi) is 6.21. The summed E-state index contributed by atoms with van der Waals surface area (Å²) in [5.41, 5.74) is 2.04. The molecule has 0 N–H and O–H groups in total. The largest absolute Gasteiger partial charge is 0.493 e. The fourth-order valence-electron chi connectivity index (χ4n) is 3.29. The minimum atomic E-state index is -0.0502. The van der Waals surface area contributed by atoms with Crippen LogP contribution in [0.25, 0.3) is 16.9 Å². The lowest BCUT2D eigenvalue weighted by Crippen LogP contribution is -2.31. The van der Waals surface area contributed by atoms with E-state index in [0.717, 1.165) is 18.4 Å². The number of carbonyl (C=O) groups is 1. The van der Waals surface area contributed by atoms with Gasteiger partial charge in [-0.3, -0.25) is 19.1 Å². The van der Waals surface area contributed by atoms with Crippen LogP contribution in [0.3, 0.4) is 0 Å². The smallest absolute Gasteiger partial charge is 0.225 e. The third kappa shape index (κ3) is 3.83. The van der Waals surface area contributed by atoms with E-state index >= 15 is 0 Å². The van der Waals surface area contributed by atoms with Gasteiger partial charge in [-0.2, -0.15) is 0 Å². The number of anilines is 1. The number of imidazole rings is 1. The van der Waals surface area contributed by atoms with E-state index in [9.17, 15) is 4.79 Å². The SMILES string of the molecule is CCCCN(C(C)=O)c1c(-c2cc(OC)c(OC)c(OC)c2)nc2cnccn12. The first-order valence-electron chi connectivity index (χ1n) is 9.46. The summed E-state index contributed by atoms with van der Waals surface area (Å²) in [6.07, 6.45) is 7.01. The molecule has 0 bridgehead atoms. The van der Waals surface area contributed by atoms with Crippen LogP contribution in [-0.4, -0.2) is 48.1 Å². The molecule has 3 rings (SSSR count). The molecule has 0 spiro atoms. The van der Waals surface area contributed by atoms with Gasteiger partial charge in [0, 0.05) is 31.4 Å². The number of hydrogen-bond donors (Lipinski definition) is 0. The van der Waals surface area contributed by atoms with E-state index in [0.29, 0.717) is 41.0 Å². The van der Waals surface area contributed by atoms with Crippen molar-refractivity contribution in [3.05, 3.63) is 30.7 Å². The monoisotopic (exact) mass is 398 g/mol. The van der Waals surface area contributed by atoms with Gasteiger partial charge in [0.05, 0.1) is 27.5 Å². The number of methoxy groups -OCH3 is 3. The Morgan fingerprint density at radius 2 is 1.83 bits per heavy atom. The van der Waals surface area contributed by atoms with Gasteiger partial charge in [0.2, 0.25) is 11.7 Å². The maximum absolute atomic E-state index is 12.5. The van der Waals surface area contributed by atoms with Gasteiger partial charge >= 0.3 is 0 Å². The van der Waals surface area contributed by atoms with Gasteiger partial charge in [-0.05, 0) is 18.6 Å². The fraction of sp³-hybridized carbons (Fsp3) is 0.381. The molecule has 1 amide bonds. The lowest BCUT2D eigenvalue weighted by atomic mass is 10.1. The Morgan fingerprint density at radius 1 is 1.14 bits per heavy atom. The number of benzene rings is 1. The summed E-state index contributed by atoms with van der Waals surface area (Å²) >= 11 is 0. The molecule has 0 atom stereocenters. The lowest BCUT2D eigenvalue weighted by Gasteiger charge is -2.22. The van der Waals surface area contributed by atoms with Crippen LogP contribution in [0.15, 0.2) is 30.7 Å². The van der Waals surface area contributed by atoms with Crippen LogP contribution in [-0.2, 0) is 4.79 Å². The number of carbonyl (C=O) groups excluding carboxylic acids is 1. The highest BCUT2D eigenvalue weighted by atomic mass is 16.5. The molecule has 29 heavy (non-hydrogen) atoms. The lowest BCUT2D eigenvalue weighted by molar-refractivity contribution is -0.116. The Bertz CT molecular complexity index is 990. The van der Waals surface area contributed by atoms with Crippen molar-refractivity contribution in [1.29, 1.82) is 0 Å². The maximum Gasteiger partial charge on any atom is 0.225 e. The van der Waals surface area contributed by atoms with Crippen molar-refractivity contribution in [2.24, 2.45) is 0 Å². The summed E-state index contributed by atoms with van der Waals surface area (Å²) in [6, 6.07) is 3.66. The van der Waals surface area contributed by atoms with Gasteiger partial charge < -0.3 is 14.2 Å². The zero-order valence-electron chi connectivity index (χ0n) is 17.4. The molecule has 8 nitrogen and oxygen atoms in total. The quantitative estimate of drug-likeness (QED) is 0.577. The number of fused-ring (bicyclic) bond motifs is 1. The molecule has 0 fully saturated rings. The highest BCUT2D eigenvalue weighted by Crippen LogP contribution is 2.43. The van der Waals surface area contributed by atoms with Gasteiger partial charge in [-0.25, -0.2) is 4.98 Å². The molecular formula is C21H26N4O4. The summed E-state index contributed by atoms with van der Waals surface area (Å²) in [7, 11) is 4.70. The first-order valence-corrected chi connectivity index (χ1v) is 9.46. The third-order valence-corrected chi connectivity index (χ3v) is 4.71. The molecule has 8 heteroatoms. The van der Waals surface area contributed by atoms with Gasteiger partial charge in [0.1, 0.15) is 11.5 Å². The van der Waals surface area contributed by atoms with Gasteiger partial charge in [0.15, 0.2) is 17.1 Å². The minimum Gasteiger partial charge on any atom is -0.493 e. The van der Waals surface area contributed by atoms with Crippen LogP contribution in [0.2, 0.25) is 0 Å². The van der Waals surface area contributed by atoms with E-state index in [2.05, 4.69) is 11.9 Å². The van der Waals surface area contributed by atoms with Gasteiger partial charge in [-0.1, -0.05) is 13.3 Å². The number of unbranched alkanes of at least 4 members (excludes halogenated alkanes) is 1. The molecule has 0 radical (unpaired) electrons. The van der Waals surface area contributed by atoms with Crippen molar-refractivity contribution in [2.45, 2.75) is 26.7 Å². The van der Waals surface area contributed by atoms with E-state index in [1.54, 1.807) is 51.7 Å². The average molecular weight is 398 g/mol. The molecule has 3 aromatic rings. The number of aromatic nitrogens is 3. The molecule has 0 unspecified atom stereocenters. The number of hydrogen-bond acceptors (Lipinski definition) is 6. The van der Waals surface area contributed by atoms with Crippen molar-refractivity contribution in [3.63, 3.8) is 0 Å². The van der Waals surface area contributed by atoms with E-state index in [1.165, 1.54) is 0 Å². The molecule has 1 aromatic carbocycles. The van der Waals surface area contributed by atoms with E-state index in [-0.39, 0.29) is 5.91 Å². The summed E-state index contributed by atoms with van der Waals surface area (Å²) in [5.74, 6) is 2.18. The molecule has 0 aliphatic heterocycles. The molecule has 0 aliphatic rings. The molecule has 2 heterocycles. The standard InChI is InChI=1S/C21H26N4O4/c1-6-7-9-24(14(2)26)21-19(23-18-13-22-8-10-25(18)21)15-11-16(27-3)20(29-5)17(12-15)28-4/h8,10-13H,6-7,9H2,1-5H3. The summed E-state index contributed by atoms with van der Waals surface area (Å²) in [6.45, 7) is 4.26. The van der Waals surface area contributed by atoms with E-state index in [1.807, 2.05) is 16.5 Å². The zero-order chi connectivity index (χ0) is 21.0. The number of nitrogens with zero attached hydrogens (tertiary/aromatic N) is 4. The maximum atomic E-state index is 12.5. The Morgan fingerprint density at radius 3 is 2.38 bits per heavy atom. The predicted molar refractivity (Wildman–Crippen MR) is 111 cm³/mol. The average Bonchev–Trinajstić information content (AvgIpc) is 3.12. The number of amides is 1. The van der Waals surface area contributed by atoms with Crippen molar-refractivity contribution >= 4 is 17.4 Å². The van der Waals surface area contributed by atoms with Crippen LogP contribution < -0.4 is 19.1 Å². The fourth-order valence-corrected chi connectivity index (χ4v) is 3.29.